The van der Waals surface area contributed by atoms with E-state index in [0.717, 1.165) is 22.0 Å². The fourth-order valence-corrected chi connectivity index (χ4v) is 11.7. The number of hydrogen-bond donors (Lipinski definition) is 11. The third-order valence-electron chi connectivity index (χ3n) is 16.8. The Morgan fingerprint density at radius 3 is 1.73 bits per heavy atom. The van der Waals surface area contributed by atoms with E-state index in [9.17, 15) is 38.4 Å². The monoisotopic (exact) mass is 1310 g/mol. The van der Waals surface area contributed by atoms with Crippen molar-refractivity contribution < 1.29 is 57.4 Å². The Kier molecular flexibility index (Phi) is 27.0. The van der Waals surface area contributed by atoms with Gasteiger partial charge in [-0.1, -0.05) is 135 Å². The van der Waals surface area contributed by atoms with Crippen molar-refractivity contribution in [3.63, 3.8) is 0 Å². The minimum Gasteiger partial charge on any atom is -0.489 e. The van der Waals surface area contributed by atoms with Crippen molar-refractivity contribution >= 4 is 70.0 Å². The number of rotatable bonds is 35. The van der Waals surface area contributed by atoms with E-state index < -0.39 is 108 Å². The Bertz CT molecular complexity index is 3590. The Morgan fingerprint density at radius 1 is 0.573 bits per heavy atom. The number of nitrogens with one attached hydrogen (secondary N) is 10. The number of para-hydroxylation sites is 1. The highest BCUT2D eigenvalue weighted by atomic mass is 16.5. The second-order valence-electron chi connectivity index (χ2n) is 24.8. The van der Waals surface area contributed by atoms with Gasteiger partial charge in [0.25, 0.3) is 0 Å². The van der Waals surface area contributed by atoms with E-state index in [-0.39, 0.29) is 82.4 Å². The van der Waals surface area contributed by atoms with E-state index >= 15 is 9.59 Å². The third-order valence-corrected chi connectivity index (χ3v) is 16.8. The number of nitrogens with two attached hydrogens (primary N) is 1. The van der Waals surface area contributed by atoms with Gasteiger partial charge in [-0.2, -0.15) is 0 Å². The van der Waals surface area contributed by atoms with Crippen LogP contribution in [0.4, 0.5) is 0 Å². The SMILES string of the molecule is CCNC(=O)[C@@H]1CCCN1C(=O)[C@H](CCCN)NC(=O)[C@H](CC(C)C)NC(=O)[C@@H](C)NC(=O)[C@H](COCc1ccccc1)NC(=O)[C@H](Cc1ccc(OCc2ccccc2)cc1)NC(=O)[C@H](Cc1c[nH]c2ccccc12)NC(=O)[C@@H](Cc1ccccc1)NC(=O)[C@@H]1CCC(=O)N1. The van der Waals surface area contributed by atoms with Gasteiger partial charge in [-0.25, -0.2) is 0 Å². The van der Waals surface area contributed by atoms with Crippen LogP contribution in [0, 0.1) is 5.92 Å². The molecule has 2 aliphatic rings. The van der Waals surface area contributed by atoms with Gasteiger partial charge in [-0.15, -0.1) is 0 Å². The van der Waals surface area contributed by atoms with Crippen molar-refractivity contribution in [2.24, 2.45) is 11.7 Å². The number of likely N-dealkylation sites (tertiary alicyclic amines) is 1. The predicted octanol–water partition coefficient (Wildman–Crippen LogP) is 3.60. The summed E-state index contributed by atoms with van der Waals surface area (Å²) in [5.74, 6) is -5.86. The van der Waals surface area contributed by atoms with Crippen molar-refractivity contribution in [1.29, 1.82) is 0 Å². The molecule has 24 heteroatoms. The number of likely N-dealkylation sites (N-methyl/N-ethyl adjacent to an activating group) is 1. The van der Waals surface area contributed by atoms with E-state index in [2.05, 4.69) is 52.8 Å². The molecular weight excluding hydrogens is 1220 g/mol. The molecule has 9 atom stereocenters. The second kappa shape index (κ2) is 36.1. The molecule has 0 bridgehead atoms. The van der Waals surface area contributed by atoms with E-state index in [0.29, 0.717) is 54.8 Å². The van der Waals surface area contributed by atoms with Gasteiger partial charge < -0.3 is 72.9 Å². The molecule has 8 rings (SSSR count). The first-order valence-electron chi connectivity index (χ1n) is 33.0. The van der Waals surface area contributed by atoms with Crippen molar-refractivity contribution in [2.75, 3.05) is 26.2 Å². The van der Waals surface area contributed by atoms with Crippen LogP contribution in [-0.4, -0.2) is 150 Å². The summed E-state index contributed by atoms with van der Waals surface area (Å²) in [6.07, 6.45) is 3.60. The van der Waals surface area contributed by atoms with Gasteiger partial charge in [0, 0.05) is 55.9 Å². The molecule has 24 nitrogen and oxygen atoms in total. The summed E-state index contributed by atoms with van der Waals surface area (Å²) < 4.78 is 12.2. The van der Waals surface area contributed by atoms with Crippen LogP contribution in [-0.2, 0) is 85.2 Å². The molecule has 510 valence electrons. The van der Waals surface area contributed by atoms with Crippen molar-refractivity contribution in [3.05, 3.63) is 174 Å². The number of H-pyrrole nitrogens is 1. The van der Waals surface area contributed by atoms with Crippen LogP contribution in [0.15, 0.2) is 146 Å². The zero-order valence-corrected chi connectivity index (χ0v) is 54.9. The molecule has 5 aromatic carbocycles. The first kappa shape index (κ1) is 71.9. The number of nitrogens with zero attached hydrogens (tertiary/aromatic N) is 1. The number of aromatic nitrogens is 1. The average molecular weight is 1320 g/mol. The largest absolute Gasteiger partial charge is 0.489 e. The quantitative estimate of drug-likeness (QED) is 0.0271. The van der Waals surface area contributed by atoms with E-state index in [1.165, 1.54) is 11.8 Å². The lowest BCUT2D eigenvalue weighted by Gasteiger charge is -2.30. The summed E-state index contributed by atoms with van der Waals surface area (Å²) in [7, 11) is 0. The molecule has 2 aliphatic heterocycles. The minimum atomic E-state index is -1.52. The molecule has 0 unspecified atom stereocenters. The predicted molar refractivity (Wildman–Crippen MR) is 361 cm³/mol. The number of ether oxygens (including phenoxy) is 2. The maximum atomic E-state index is 15.3. The van der Waals surface area contributed by atoms with Crippen LogP contribution in [0.25, 0.3) is 10.9 Å². The highest BCUT2D eigenvalue weighted by Gasteiger charge is 2.40. The number of benzene rings is 5. The smallest absolute Gasteiger partial charge is 0.245 e. The molecule has 96 heavy (non-hydrogen) atoms. The lowest BCUT2D eigenvalue weighted by atomic mass is 10.00. The fraction of sp³-hybridized carbons (Fsp3) is 0.417. The molecule has 3 heterocycles. The van der Waals surface area contributed by atoms with Crippen molar-refractivity contribution in [1.82, 2.24) is 57.7 Å². The van der Waals surface area contributed by atoms with Gasteiger partial charge >= 0.3 is 0 Å². The Morgan fingerprint density at radius 2 is 1.11 bits per heavy atom. The van der Waals surface area contributed by atoms with Crippen molar-refractivity contribution in [3.8, 4) is 5.75 Å². The van der Waals surface area contributed by atoms with E-state index in [1.54, 1.807) is 61.7 Å². The summed E-state index contributed by atoms with van der Waals surface area (Å²) >= 11 is 0. The zero-order valence-electron chi connectivity index (χ0n) is 54.9. The first-order chi connectivity index (χ1) is 46.3. The number of hydrogen-bond acceptors (Lipinski definition) is 13. The molecule has 0 saturated carbocycles. The molecule has 6 aromatic rings. The number of fused-ring (bicyclic) bond motifs is 1. The topological polar surface area (TPSA) is 342 Å². The normalized spacial score (nSPS) is 16.5. The average Bonchev–Trinajstić information content (AvgIpc) is 2.77. The molecule has 10 amide bonds. The van der Waals surface area contributed by atoms with E-state index in [4.69, 9.17) is 15.2 Å². The summed E-state index contributed by atoms with van der Waals surface area (Å²) in [5, 5.41) is 25.9. The van der Waals surface area contributed by atoms with Crippen LogP contribution >= 0.6 is 0 Å². The molecule has 0 aliphatic carbocycles. The number of carbonyl (C=O) groups is 10. The van der Waals surface area contributed by atoms with Crippen LogP contribution < -0.4 is 58.3 Å². The standard InChI is InChI=1S/C72H90N12O12/c1-5-74-71(93)62-28-18-36-84(62)72(94)56(27-17-35-73)78-66(88)57(37-45(2)3)79-64(86)46(4)76-70(92)61(44-95-42-49-21-11-7-12-22-49)83-68(90)59(39-48-29-31-52(32-30-48)96-43-50-23-13-8-14-24-50)81-69(91)60(40-51-41-75-54-26-16-15-25-53(51)54)82-67(89)58(38-47-19-9-6-10-20-47)80-65(87)55-33-34-63(85)77-55/h6-16,19-26,29-32,41,45-46,55-62,75H,5,17-18,27-28,33-40,42-44,73H2,1-4H3,(H,74,93)(H,76,92)(H,77,85)(H,78,88)(H,79,86)(H,80,87)(H,81,91)(H,82,89)(H,83,90)/t46-,55+,56+,57+,58-,59+,60+,61+,62+/m1/s1. The molecule has 12 N–H and O–H groups in total. The van der Waals surface area contributed by atoms with Gasteiger partial charge in [-0.05, 0) is 111 Å². The summed E-state index contributed by atoms with van der Waals surface area (Å²) in [5.41, 5.74) is 10.2. The Balaban J connectivity index is 1.05. The lowest BCUT2D eigenvalue weighted by Crippen LogP contribution is -2.61. The summed E-state index contributed by atoms with van der Waals surface area (Å²) in [6, 6.07) is 31.2. The fourth-order valence-electron chi connectivity index (χ4n) is 11.7. The first-order valence-corrected chi connectivity index (χ1v) is 33.0. The Hall–Kier alpha value is -9.94. The van der Waals surface area contributed by atoms with E-state index in [1.807, 2.05) is 105 Å². The number of carbonyl (C=O) groups excluding carboxylic acids is 10. The lowest BCUT2D eigenvalue weighted by molar-refractivity contribution is -0.142. The van der Waals surface area contributed by atoms with Crippen LogP contribution in [0.2, 0.25) is 0 Å². The molecule has 0 spiro atoms. The minimum absolute atomic E-state index is 0.0107. The summed E-state index contributed by atoms with van der Waals surface area (Å²) in [6.45, 7) is 7.71. The van der Waals surface area contributed by atoms with Gasteiger partial charge in [0.2, 0.25) is 59.1 Å². The maximum absolute atomic E-state index is 15.3. The molecular formula is C72H90N12O12. The highest BCUT2D eigenvalue weighted by Crippen LogP contribution is 2.23. The van der Waals surface area contributed by atoms with Gasteiger partial charge in [0.15, 0.2) is 0 Å². The molecule has 0 radical (unpaired) electrons. The van der Waals surface area contributed by atoms with Gasteiger partial charge in [-0.3, -0.25) is 47.9 Å². The number of amides is 10. The van der Waals surface area contributed by atoms with Crippen LogP contribution in [0.1, 0.15) is 100 Å². The Labute approximate surface area is 559 Å². The molecule has 1 aromatic heterocycles. The third kappa shape index (κ3) is 21.3. The van der Waals surface area contributed by atoms with Gasteiger partial charge in [0.1, 0.15) is 66.7 Å². The molecule has 2 fully saturated rings. The highest BCUT2D eigenvalue weighted by molar-refractivity contribution is 5.99. The maximum Gasteiger partial charge on any atom is 0.245 e. The zero-order chi connectivity index (χ0) is 68.5. The second-order valence-corrected chi connectivity index (χ2v) is 24.8. The summed E-state index contributed by atoms with van der Waals surface area (Å²) in [4.78, 5) is 146. The van der Waals surface area contributed by atoms with Gasteiger partial charge in [0.05, 0.1) is 13.2 Å². The number of aromatic amines is 1. The van der Waals surface area contributed by atoms with Crippen LogP contribution in [0.3, 0.4) is 0 Å². The van der Waals surface area contributed by atoms with Crippen molar-refractivity contribution in [2.45, 2.75) is 159 Å². The van der Waals surface area contributed by atoms with Crippen LogP contribution in [0.5, 0.6) is 5.75 Å². The molecule has 2 saturated heterocycles.